The predicted molar refractivity (Wildman–Crippen MR) is 52.7 cm³/mol. The number of nitrogens with zero attached hydrogens (tertiary/aromatic N) is 1. The number of carbonyl (C=O) groups excluding carboxylic acids is 1. The molecule has 0 saturated heterocycles. The van der Waals surface area contributed by atoms with Gasteiger partial charge in [0.25, 0.3) is 5.91 Å². The van der Waals surface area contributed by atoms with E-state index in [4.69, 9.17) is 5.11 Å². The molecule has 6 heteroatoms. The number of carbonyl (C=O) groups is 2. The molecule has 6 nitrogen and oxygen atoms in total. The van der Waals surface area contributed by atoms with E-state index in [9.17, 15) is 9.59 Å². The third kappa shape index (κ3) is 1.78. The van der Waals surface area contributed by atoms with Gasteiger partial charge in [0.2, 0.25) is 5.76 Å². The molecule has 0 aliphatic heterocycles. The normalized spacial score (nSPS) is 18.8. The first-order chi connectivity index (χ1) is 7.54. The number of carboxylic acids is 1. The number of carboxylic acid groups (broad SMARTS) is 1. The summed E-state index contributed by atoms with van der Waals surface area (Å²) in [4.78, 5) is 22.8. The molecule has 1 aliphatic rings. The number of hydrogen-bond acceptors (Lipinski definition) is 4. The van der Waals surface area contributed by atoms with Gasteiger partial charge in [-0.25, -0.2) is 4.79 Å². The lowest BCUT2D eigenvalue weighted by Gasteiger charge is -2.25. The molecule has 2 N–H and O–H groups in total. The number of nitrogens with one attached hydrogen (secondary N) is 1. The number of amides is 1. The zero-order chi connectivity index (χ0) is 11.8. The Hall–Kier alpha value is -1.85. The van der Waals surface area contributed by atoms with Crippen molar-refractivity contribution in [2.45, 2.75) is 25.3 Å². The molecule has 1 atom stereocenters. The Kier molecular flexibility index (Phi) is 2.41. The molecule has 1 unspecified atom stereocenters. The van der Waals surface area contributed by atoms with E-state index in [1.54, 1.807) is 0 Å². The Morgan fingerprint density at radius 2 is 2.31 bits per heavy atom. The highest BCUT2D eigenvalue weighted by atomic mass is 16.5. The summed E-state index contributed by atoms with van der Waals surface area (Å²) in [6, 6.07) is 1.39. The van der Waals surface area contributed by atoms with E-state index in [2.05, 4.69) is 15.0 Å². The summed E-state index contributed by atoms with van der Waals surface area (Å²) in [6.07, 6.45) is 2.98. The van der Waals surface area contributed by atoms with Gasteiger partial charge in [-0.3, -0.25) is 4.79 Å². The summed E-state index contributed by atoms with van der Waals surface area (Å²) in [6.45, 7) is 1.52. The highest BCUT2D eigenvalue weighted by molar-refractivity contribution is 5.95. The van der Waals surface area contributed by atoms with E-state index in [0.717, 1.165) is 12.8 Å². The van der Waals surface area contributed by atoms with Crippen LogP contribution in [-0.4, -0.2) is 27.7 Å². The maximum absolute atomic E-state index is 11.6. The lowest BCUT2D eigenvalue weighted by Crippen LogP contribution is -2.53. The smallest absolute Gasteiger partial charge is 0.329 e. The van der Waals surface area contributed by atoms with Crippen molar-refractivity contribution in [1.82, 2.24) is 10.5 Å². The van der Waals surface area contributed by atoms with Crippen molar-refractivity contribution in [3.63, 3.8) is 0 Å². The van der Waals surface area contributed by atoms with Crippen molar-refractivity contribution in [1.29, 1.82) is 0 Å². The summed E-state index contributed by atoms with van der Waals surface area (Å²) < 4.78 is 4.67. The van der Waals surface area contributed by atoms with Crippen molar-refractivity contribution < 1.29 is 19.2 Å². The fraction of sp³-hybridized carbons (Fsp3) is 0.500. The first-order valence-corrected chi connectivity index (χ1v) is 5.00. The molecule has 1 amide bonds. The average Bonchev–Trinajstić information content (AvgIpc) is 2.94. The van der Waals surface area contributed by atoms with Crippen LogP contribution in [0.4, 0.5) is 0 Å². The molecule has 2 rings (SSSR count). The predicted octanol–water partition coefficient (Wildman–Crippen LogP) is 0.658. The molecule has 1 aliphatic carbocycles. The van der Waals surface area contributed by atoms with Crippen LogP contribution in [0.2, 0.25) is 0 Å². The van der Waals surface area contributed by atoms with Crippen LogP contribution in [0.3, 0.4) is 0 Å². The van der Waals surface area contributed by atoms with E-state index in [0.29, 0.717) is 0 Å². The maximum Gasteiger partial charge on any atom is 0.329 e. The highest BCUT2D eigenvalue weighted by Gasteiger charge is 2.48. The summed E-state index contributed by atoms with van der Waals surface area (Å²) >= 11 is 0. The first-order valence-electron chi connectivity index (χ1n) is 5.00. The monoisotopic (exact) mass is 224 g/mol. The quantitative estimate of drug-likeness (QED) is 0.783. The van der Waals surface area contributed by atoms with Gasteiger partial charge in [-0.1, -0.05) is 5.16 Å². The molecule has 1 aromatic rings. The Morgan fingerprint density at radius 3 is 2.75 bits per heavy atom. The number of hydrogen-bond donors (Lipinski definition) is 2. The van der Waals surface area contributed by atoms with E-state index in [1.165, 1.54) is 19.2 Å². The molecule has 1 heterocycles. The minimum atomic E-state index is -1.22. The molecule has 86 valence electrons. The molecule has 0 bridgehead atoms. The van der Waals surface area contributed by atoms with E-state index < -0.39 is 17.4 Å². The van der Waals surface area contributed by atoms with Gasteiger partial charge in [0.05, 0.1) is 6.20 Å². The molecule has 16 heavy (non-hydrogen) atoms. The van der Waals surface area contributed by atoms with Crippen molar-refractivity contribution >= 4 is 11.9 Å². The third-order valence-corrected chi connectivity index (χ3v) is 2.87. The molecule has 1 aromatic heterocycles. The Balaban J connectivity index is 2.12. The second kappa shape index (κ2) is 3.62. The average molecular weight is 224 g/mol. The van der Waals surface area contributed by atoms with E-state index in [-0.39, 0.29) is 11.7 Å². The van der Waals surface area contributed by atoms with Crippen LogP contribution in [0.15, 0.2) is 16.8 Å². The summed E-state index contributed by atoms with van der Waals surface area (Å²) in [5.41, 5.74) is -1.22. The standard InChI is InChI=1S/C10H12N2O4/c1-10(9(14)15,6-2-3-6)12-8(13)7-4-5-11-16-7/h4-6H,2-3H2,1H3,(H,12,13)(H,14,15). The summed E-state index contributed by atoms with van der Waals surface area (Å²) in [7, 11) is 0. The number of aromatic nitrogens is 1. The van der Waals surface area contributed by atoms with Gasteiger partial charge >= 0.3 is 5.97 Å². The van der Waals surface area contributed by atoms with Crippen LogP contribution in [0.1, 0.15) is 30.3 Å². The Bertz CT molecular complexity index is 410. The van der Waals surface area contributed by atoms with Gasteiger partial charge in [0, 0.05) is 6.07 Å². The minimum Gasteiger partial charge on any atom is -0.480 e. The SMILES string of the molecule is CC(NC(=O)c1ccno1)(C(=O)O)C1CC1. The van der Waals surface area contributed by atoms with E-state index in [1.807, 2.05) is 0 Å². The highest BCUT2D eigenvalue weighted by Crippen LogP contribution is 2.39. The number of aliphatic carboxylic acids is 1. The van der Waals surface area contributed by atoms with Crippen molar-refractivity contribution in [3.8, 4) is 0 Å². The molecule has 0 spiro atoms. The fourth-order valence-corrected chi connectivity index (χ4v) is 1.62. The van der Waals surface area contributed by atoms with Gasteiger partial charge < -0.3 is 14.9 Å². The van der Waals surface area contributed by atoms with Crippen LogP contribution in [0, 0.1) is 5.92 Å². The van der Waals surface area contributed by atoms with E-state index >= 15 is 0 Å². The lowest BCUT2D eigenvalue weighted by molar-refractivity contribution is -0.144. The van der Waals surface area contributed by atoms with Gasteiger partial charge in [0.15, 0.2) is 0 Å². The second-order valence-corrected chi connectivity index (χ2v) is 4.11. The Labute approximate surface area is 91.6 Å². The topological polar surface area (TPSA) is 92.4 Å². The Morgan fingerprint density at radius 1 is 1.62 bits per heavy atom. The van der Waals surface area contributed by atoms with Crippen molar-refractivity contribution in [2.24, 2.45) is 5.92 Å². The van der Waals surface area contributed by atoms with Crippen LogP contribution in [0.5, 0.6) is 0 Å². The second-order valence-electron chi connectivity index (χ2n) is 4.11. The van der Waals surface area contributed by atoms with Gasteiger partial charge in [0.1, 0.15) is 5.54 Å². The lowest BCUT2D eigenvalue weighted by atomic mass is 9.96. The third-order valence-electron chi connectivity index (χ3n) is 2.87. The fourth-order valence-electron chi connectivity index (χ4n) is 1.62. The molecule has 1 fully saturated rings. The van der Waals surface area contributed by atoms with Crippen molar-refractivity contribution in [2.75, 3.05) is 0 Å². The van der Waals surface area contributed by atoms with Crippen LogP contribution >= 0.6 is 0 Å². The van der Waals surface area contributed by atoms with Gasteiger partial charge in [-0.15, -0.1) is 0 Å². The largest absolute Gasteiger partial charge is 0.480 e. The zero-order valence-corrected chi connectivity index (χ0v) is 8.77. The summed E-state index contributed by atoms with van der Waals surface area (Å²) in [5, 5.41) is 15.0. The van der Waals surface area contributed by atoms with Gasteiger partial charge in [-0.05, 0) is 25.7 Å². The maximum atomic E-state index is 11.6. The first kappa shape index (κ1) is 10.7. The van der Waals surface area contributed by atoms with Crippen LogP contribution in [-0.2, 0) is 4.79 Å². The molecule has 0 aromatic carbocycles. The molecular formula is C10H12N2O4. The molecule has 0 radical (unpaired) electrons. The minimum absolute atomic E-state index is 0.00290. The van der Waals surface area contributed by atoms with Crippen LogP contribution < -0.4 is 5.32 Å². The van der Waals surface area contributed by atoms with Crippen LogP contribution in [0.25, 0.3) is 0 Å². The summed E-state index contributed by atoms with van der Waals surface area (Å²) in [5.74, 6) is -1.55. The van der Waals surface area contributed by atoms with Gasteiger partial charge in [-0.2, -0.15) is 0 Å². The zero-order valence-electron chi connectivity index (χ0n) is 8.77. The molecule has 1 saturated carbocycles. The van der Waals surface area contributed by atoms with Crippen molar-refractivity contribution in [3.05, 3.63) is 18.0 Å². The molecular weight excluding hydrogens is 212 g/mol. The number of rotatable bonds is 4.